The van der Waals surface area contributed by atoms with Crippen molar-refractivity contribution in [2.75, 3.05) is 19.0 Å². The number of nitrogens with zero attached hydrogens (tertiary/aromatic N) is 1. The second-order valence-electron chi connectivity index (χ2n) is 7.23. The Hall–Kier alpha value is -3.55. The number of fused-ring (bicyclic) bond motifs is 1. The molecule has 0 radical (unpaired) electrons. The summed E-state index contributed by atoms with van der Waals surface area (Å²) in [5.74, 6) is 1.70. The van der Waals surface area contributed by atoms with Crippen molar-refractivity contribution in [1.82, 2.24) is 4.98 Å². The molecule has 1 aromatic heterocycles. The van der Waals surface area contributed by atoms with Crippen LogP contribution in [0.15, 0.2) is 66.7 Å². The maximum atomic E-state index is 12.4. The van der Waals surface area contributed by atoms with Gasteiger partial charge in [-0.1, -0.05) is 41.1 Å². The number of halogens is 1. The van der Waals surface area contributed by atoms with Crippen LogP contribution in [-0.2, 0) is 11.4 Å². The molecule has 0 aliphatic heterocycles. The first-order valence-electron chi connectivity index (χ1n) is 10.6. The smallest absolute Gasteiger partial charge is 0.250 e. The Morgan fingerprint density at radius 3 is 2.65 bits per heavy atom. The maximum Gasteiger partial charge on any atom is 0.250 e. The lowest BCUT2D eigenvalue weighted by Gasteiger charge is -2.11. The Labute approximate surface area is 206 Å². The molecule has 174 valence electrons. The predicted molar refractivity (Wildman–Crippen MR) is 137 cm³/mol. The number of nitrogens with one attached hydrogen (secondary N) is 1. The highest BCUT2D eigenvalue weighted by Gasteiger charge is 2.09. The van der Waals surface area contributed by atoms with Crippen molar-refractivity contribution in [2.45, 2.75) is 13.5 Å². The van der Waals surface area contributed by atoms with E-state index in [9.17, 15) is 4.79 Å². The number of methoxy groups -OCH3 is 1. The zero-order valence-corrected chi connectivity index (χ0v) is 20.3. The number of rotatable bonds is 9. The Kier molecular flexibility index (Phi) is 7.67. The van der Waals surface area contributed by atoms with Crippen molar-refractivity contribution in [3.05, 3.63) is 82.9 Å². The van der Waals surface area contributed by atoms with Crippen molar-refractivity contribution in [3.63, 3.8) is 0 Å². The van der Waals surface area contributed by atoms with E-state index < -0.39 is 0 Å². The first kappa shape index (κ1) is 23.6. The highest BCUT2D eigenvalue weighted by atomic mass is 35.5. The quantitative estimate of drug-likeness (QED) is 0.266. The lowest BCUT2D eigenvalue weighted by Crippen LogP contribution is -2.07. The summed E-state index contributed by atoms with van der Waals surface area (Å²) in [4.78, 5) is 16.9. The Morgan fingerprint density at radius 1 is 1.06 bits per heavy atom. The minimum atomic E-state index is -0.272. The largest absolute Gasteiger partial charge is 0.494 e. The van der Waals surface area contributed by atoms with Crippen LogP contribution in [0, 0.1) is 0 Å². The van der Waals surface area contributed by atoms with Crippen molar-refractivity contribution in [1.29, 1.82) is 0 Å². The van der Waals surface area contributed by atoms with Crippen LogP contribution >= 0.6 is 22.9 Å². The Balaban J connectivity index is 1.39. The SMILES string of the molecule is CCOc1ccc2nc(NC(=O)/C=C/c3ccc(OCc4ccc(Cl)cc4)c(OC)c3)sc2c1. The van der Waals surface area contributed by atoms with Crippen molar-refractivity contribution >= 4 is 50.3 Å². The van der Waals surface area contributed by atoms with E-state index in [1.54, 1.807) is 13.2 Å². The molecule has 0 fully saturated rings. The minimum Gasteiger partial charge on any atom is -0.494 e. The second kappa shape index (κ2) is 11.0. The molecule has 4 rings (SSSR count). The van der Waals surface area contributed by atoms with E-state index in [0.717, 1.165) is 27.1 Å². The molecule has 0 saturated heterocycles. The minimum absolute atomic E-state index is 0.272. The number of aromatic nitrogens is 1. The zero-order valence-electron chi connectivity index (χ0n) is 18.7. The summed E-state index contributed by atoms with van der Waals surface area (Å²) in [6, 6.07) is 18.6. The number of benzene rings is 3. The van der Waals surface area contributed by atoms with Crippen LogP contribution < -0.4 is 19.5 Å². The summed E-state index contributed by atoms with van der Waals surface area (Å²) in [6.07, 6.45) is 3.17. The standard InChI is InChI=1S/C26H23ClN2O4S/c1-3-32-20-10-11-21-24(15-20)34-26(28-21)29-25(30)13-7-17-6-12-22(23(14-17)31-2)33-16-18-4-8-19(27)9-5-18/h4-15H,3,16H2,1-2H3,(H,28,29,30)/b13-7+. The summed E-state index contributed by atoms with van der Waals surface area (Å²) in [5.41, 5.74) is 2.61. The van der Waals surface area contributed by atoms with Gasteiger partial charge in [-0.3, -0.25) is 10.1 Å². The van der Waals surface area contributed by atoms with Crippen LogP contribution in [-0.4, -0.2) is 24.6 Å². The van der Waals surface area contributed by atoms with Gasteiger partial charge in [-0.25, -0.2) is 4.98 Å². The molecule has 1 N–H and O–H groups in total. The molecular formula is C26H23ClN2O4S. The monoisotopic (exact) mass is 494 g/mol. The average Bonchev–Trinajstić information content (AvgIpc) is 3.24. The third-order valence-corrected chi connectivity index (χ3v) is 6.01. The number of carbonyl (C=O) groups excluding carboxylic acids is 1. The first-order valence-corrected chi connectivity index (χ1v) is 11.8. The van der Waals surface area contributed by atoms with Gasteiger partial charge in [0.2, 0.25) is 5.91 Å². The second-order valence-corrected chi connectivity index (χ2v) is 8.70. The third-order valence-electron chi connectivity index (χ3n) is 4.82. The van der Waals surface area contributed by atoms with Gasteiger partial charge in [0.1, 0.15) is 12.4 Å². The predicted octanol–water partition coefficient (Wildman–Crippen LogP) is 6.59. The van der Waals surface area contributed by atoms with E-state index in [0.29, 0.717) is 34.9 Å². The van der Waals surface area contributed by atoms with Crippen LogP contribution in [0.4, 0.5) is 5.13 Å². The number of carbonyl (C=O) groups is 1. The van der Waals surface area contributed by atoms with E-state index in [1.165, 1.54) is 17.4 Å². The average molecular weight is 495 g/mol. The lowest BCUT2D eigenvalue weighted by atomic mass is 10.2. The molecule has 3 aromatic carbocycles. The zero-order chi connectivity index (χ0) is 23.9. The lowest BCUT2D eigenvalue weighted by molar-refractivity contribution is -0.111. The van der Waals surface area contributed by atoms with Gasteiger partial charge in [0.15, 0.2) is 16.6 Å². The fourth-order valence-electron chi connectivity index (χ4n) is 3.18. The highest BCUT2D eigenvalue weighted by Crippen LogP contribution is 2.30. The van der Waals surface area contributed by atoms with E-state index in [4.69, 9.17) is 25.8 Å². The van der Waals surface area contributed by atoms with Crippen LogP contribution in [0.5, 0.6) is 17.2 Å². The molecule has 1 heterocycles. The molecule has 0 aliphatic carbocycles. The normalized spacial score (nSPS) is 11.0. The number of thiazole rings is 1. The maximum absolute atomic E-state index is 12.4. The van der Waals surface area contributed by atoms with Crippen LogP contribution in [0.1, 0.15) is 18.1 Å². The molecule has 0 unspecified atom stereocenters. The fraction of sp³-hybridized carbons (Fsp3) is 0.154. The van der Waals surface area contributed by atoms with Gasteiger partial charge in [0.25, 0.3) is 0 Å². The molecule has 0 bridgehead atoms. The van der Waals surface area contributed by atoms with Gasteiger partial charge < -0.3 is 14.2 Å². The van der Waals surface area contributed by atoms with Crippen molar-refractivity contribution in [2.24, 2.45) is 0 Å². The van der Waals surface area contributed by atoms with Crippen molar-refractivity contribution in [3.8, 4) is 17.2 Å². The Morgan fingerprint density at radius 2 is 1.88 bits per heavy atom. The van der Waals surface area contributed by atoms with E-state index in [2.05, 4.69) is 10.3 Å². The van der Waals surface area contributed by atoms with Crippen LogP contribution in [0.25, 0.3) is 16.3 Å². The molecule has 8 heteroatoms. The number of amides is 1. The van der Waals surface area contributed by atoms with E-state index in [-0.39, 0.29) is 5.91 Å². The van der Waals surface area contributed by atoms with Gasteiger partial charge in [0.05, 0.1) is 23.9 Å². The van der Waals surface area contributed by atoms with Gasteiger partial charge >= 0.3 is 0 Å². The summed E-state index contributed by atoms with van der Waals surface area (Å²) in [6.45, 7) is 2.92. The van der Waals surface area contributed by atoms with E-state index in [1.807, 2.05) is 67.6 Å². The molecule has 34 heavy (non-hydrogen) atoms. The molecule has 4 aromatic rings. The molecular weight excluding hydrogens is 472 g/mol. The van der Waals surface area contributed by atoms with Crippen LogP contribution in [0.2, 0.25) is 5.02 Å². The van der Waals surface area contributed by atoms with Crippen molar-refractivity contribution < 1.29 is 19.0 Å². The van der Waals surface area contributed by atoms with E-state index >= 15 is 0 Å². The number of hydrogen-bond acceptors (Lipinski definition) is 6. The molecule has 0 saturated carbocycles. The third kappa shape index (κ3) is 6.07. The van der Waals surface area contributed by atoms with Gasteiger partial charge in [-0.15, -0.1) is 0 Å². The summed E-state index contributed by atoms with van der Waals surface area (Å²) < 4.78 is 17.8. The topological polar surface area (TPSA) is 69.7 Å². The molecule has 0 spiro atoms. The van der Waals surface area contributed by atoms with Crippen LogP contribution in [0.3, 0.4) is 0 Å². The number of anilines is 1. The van der Waals surface area contributed by atoms with Gasteiger partial charge in [-0.05, 0) is 66.6 Å². The molecule has 0 aliphatic rings. The molecule has 6 nitrogen and oxygen atoms in total. The van der Waals surface area contributed by atoms with Gasteiger partial charge in [0, 0.05) is 11.1 Å². The summed E-state index contributed by atoms with van der Waals surface area (Å²) in [5, 5.41) is 4.02. The van der Waals surface area contributed by atoms with Gasteiger partial charge in [-0.2, -0.15) is 0 Å². The highest BCUT2D eigenvalue weighted by molar-refractivity contribution is 7.22. The number of ether oxygens (including phenoxy) is 3. The Bertz CT molecular complexity index is 1320. The summed E-state index contributed by atoms with van der Waals surface area (Å²) in [7, 11) is 1.58. The first-order chi connectivity index (χ1) is 16.5. The fourth-order valence-corrected chi connectivity index (χ4v) is 4.21. The summed E-state index contributed by atoms with van der Waals surface area (Å²) >= 11 is 7.32. The molecule has 0 atom stereocenters. The molecule has 1 amide bonds. The number of hydrogen-bond donors (Lipinski definition) is 1.